The van der Waals surface area contributed by atoms with Gasteiger partial charge in [0.05, 0.1) is 6.61 Å². The Bertz CT molecular complexity index is 287. The normalized spacial score (nSPS) is 25.4. The third-order valence-electron chi connectivity index (χ3n) is 2.66. The molecule has 0 aliphatic carbocycles. The van der Waals surface area contributed by atoms with Crippen LogP contribution in [0, 0.1) is 5.41 Å². The molecule has 3 nitrogen and oxygen atoms in total. The van der Waals surface area contributed by atoms with Crippen LogP contribution in [0.2, 0.25) is 0 Å². The van der Waals surface area contributed by atoms with Gasteiger partial charge >= 0.3 is 7.12 Å². The molecule has 2 rings (SSSR count). The molecule has 0 aromatic carbocycles. The number of hydrogen-bond donors (Lipinski definition) is 0. The van der Waals surface area contributed by atoms with E-state index in [0.717, 1.165) is 38.4 Å². The molecule has 88 valence electrons. The van der Waals surface area contributed by atoms with E-state index >= 15 is 0 Å². The lowest BCUT2D eigenvalue weighted by Crippen LogP contribution is -2.39. The van der Waals surface area contributed by atoms with Crippen molar-refractivity contribution in [3.63, 3.8) is 0 Å². The van der Waals surface area contributed by atoms with Gasteiger partial charge in [-0.15, -0.1) is 0 Å². The van der Waals surface area contributed by atoms with Crippen molar-refractivity contribution in [1.82, 2.24) is 0 Å². The van der Waals surface area contributed by atoms with Gasteiger partial charge in [-0.1, -0.05) is 19.8 Å². The van der Waals surface area contributed by atoms with Gasteiger partial charge in [0, 0.05) is 18.6 Å². The molecule has 1 fully saturated rings. The first-order chi connectivity index (χ1) is 7.66. The maximum absolute atomic E-state index is 5.59. The van der Waals surface area contributed by atoms with Gasteiger partial charge in [0.25, 0.3) is 0 Å². The molecule has 0 aromatic rings. The van der Waals surface area contributed by atoms with Crippen LogP contribution in [-0.2, 0) is 14.0 Å². The van der Waals surface area contributed by atoms with Crippen LogP contribution in [0.5, 0.6) is 0 Å². The molecule has 2 aliphatic heterocycles. The summed E-state index contributed by atoms with van der Waals surface area (Å²) in [5, 5.41) is 0. The Morgan fingerprint density at radius 1 is 1.31 bits per heavy atom. The summed E-state index contributed by atoms with van der Waals surface area (Å²) in [6, 6.07) is 0. The summed E-state index contributed by atoms with van der Waals surface area (Å²) in [6.07, 6.45) is 6.26. The van der Waals surface area contributed by atoms with Crippen molar-refractivity contribution >= 4 is 7.12 Å². The largest absolute Gasteiger partial charge is 0.494 e. The van der Waals surface area contributed by atoms with Crippen molar-refractivity contribution in [2.75, 3.05) is 19.8 Å². The Morgan fingerprint density at radius 3 is 2.69 bits per heavy atom. The third-order valence-corrected chi connectivity index (χ3v) is 2.66. The second-order valence-corrected chi connectivity index (χ2v) is 5.11. The second-order valence-electron chi connectivity index (χ2n) is 5.11. The van der Waals surface area contributed by atoms with Crippen LogP contribution in [0.25, 0.3) is 0 Å². The predicted molar refractivity (Wildman–Crippen MR) is 63.8 cm³/mol. The van der Waals surface area contributed by atoms with Gasteiger partial charge in [-0.25, -0.2) is 0 Å². The smallest absolute Gasteiger partial charge is 0.486 e. The fourth-order valence-electron chi connectivity index (χ4n) is 1.68. The fraction of sp³-hybridized carbons (Fsp3) is 0.667. The highest BCUT2D eigenvalue weighted by Gasteiger charge is 2.30. The van der Waals surface area contributed by atoms with E-state index in [1.54, 1.807) is 0 Å². The van der Waals surface area contributed by atoms with E-state index in [9.17, 15) is 0 Å². The minimum atomic E-state index is -0.223. The Balaban J connectivity index is 1.82. The van der Waals surface area contributed by atoms with E-state index in [1.165, 1.54) is 0 Å². The molecular formula is C12H19BO3. The van der Waals surface area contributed by atoms with Crippen molar-refractivity contribution in [3.8, 4) is 0 Å². The van der Waals surface area contributed by atoms with Crippen molar-refractivity contribution < 1.29 is 14.0 Å². The van der Waals surface area contributed by atoms with Gasteiger partial charge in [0.15, 0.2) is 0 Å². The lowest BCUT2D eigenvalue weighted by molar-refractivity contribution is 0.0335. The van der Waals surface area contributed by atoms with Gasteiger partial charge in [0.2, 0.25) is 0 Å². The molecule has 0 atom stereocenters. The van der Waals surface area contributed by atoms with Gasteiger partial charge < -0.3 is 14.0 Å². The zero-order valence-corrected chi connectivity index (χ0v) is 10.1. The zero-order valence-electron chi connectivity index (χ0n) is 10.1. The molecule has 0 radical (unpaired) electrons. The minimum absolute atomic E-state index is 0.130. The average molecular weight is 222 g/mol. The van der Waals surface area contributed by atoms with Crippen LogP contribution in [0.1, 0.15) is 26.7 Å². The van der Waals surface area contributed by atoms with Crippen molar-refractivity contribution in [3.05, 3.63) is 23.9 Å². The Labute approximate surface area is 97.6 Å². The number of ether oxygens (including phenoxy) is 1. The van der Waals surface area contributed by atoms with Gasteiger partial charge in [0.1, 0.15) is 5.76 Å². The van der Waals surface area contributed by atoms with E-state index in [1.807, 2.05) is 12.1 Å². The molecule has 0 spiro atoms. The lowest BCUT2D eigenvalue weighted by Gasteiger charge is -2.32. The van der Waals surface area contributed by atoms with E-state index in [2.05, 4.69) is 19.9 Å². The summed E-state index contributed by atoms with van der Waals surface area (Å²) < 4.78 is 16.7. The summed E-state index contributed by atoms with van der Waals surface area (Å²) in [7, 11) is -0.223. The monoisotopic (exact) mass is 222 g/mol. The number of rotatable bonds is 2. The SMILES string of the molecule is CC1(C)COB(/C=C/C2=CCCCO2)OC1. The highest BCUT2D eigenvalue weighted by atomic mass is 16.6. The van der Waals surface area contributed by atoms with E-state index in [-0.39, 0.29) is 12.5 Å². The molecule has 2 heterocycles. The highest BCUT2D eigenvalue weighted by molar-refractivity contribution is 6.50. The van der Waals surface area contributed by atoms with Crippen LogP contribution in [0.4, 0.5) is 0 Å². The Hall–Kier alpha value is -0.735. The molecule has 0 aromatic heterocycles. The number of hydrogen-bond acceptors (Lipinski definition) is 3. The molecule has 0 N–H and O–H groups in total. The minimum Gasteiger partial charge on any atom is -0.494 e. The molecule has 4 heteroatoms. The van der Waals surface area contributed by atoms with E-state index < -0.39 is 0 Å². The highest BCUT2D eigenvalue weighted by Crippen LogP contribution is 2.22. The standard InChI is InChI=1S/C12H19BO3/c1-12(2)9-15-13(16-10-12)7-6-11-5-3-4-8-14-11/h5-7H,3-4,8-10H2,1-2H3/b7-6+. The molecule has 2 aliphatic rings. The van der Waals surface area contributed by atoms with Crippen molar-refractivity contribution in [1.29, 1.82) is 0 Å². The summed E-state index contributed by atoms with van der Waals surface area (Å²) in [4.78, 5) is 0. The average Bonchev–Trinajstić information content (AvgIpc) is 2.29. The van der Waals surface area contributed by atoms with Crippen LogP contribution >= 0.6 is 0 Å². The second kappa shape index (κ2) is 5.06. The maximum Gasteiger partial charge on any atom is 0.486 e. The molecule has 0 bridgehead atoms. The molecule has 1 saturated heterocycles. The Kier molecular flexibility index (Phi) is 3.72. The molecule has 0 amide bonds. The van der Waals surface area contributed by atoms with Crippen LogP contribution in [-0.4, -0.2) is 26.9 Å². The van der Waals surface area contributed by atoms with Gasteiger partial charge in [-0.3, -0.25) is 0 Å². The lowest BCUT2D eigenvalue weighted by atomic mass is 9.83. The predicted octanol–water partition coefficient (Wildman–Crippen LogP) is 2.34. The fourth-order valence-corrected chi connectivity index (χ4v) is 1.68. The first-order valence-corrected chi connectivity index (χ1v) is 5.90. The van der Waals surface area contributed by atoms with Crippen LogP contribution < -0.4 is 0 Å². The molecule has 16 heavy (non-hydrogen) atoms. The topological polar surface area (TPSA) is 27.7 Å². The summed E-state index contributed by atoms with van der Waals surface area (Å²) >= 11 is 0. The first kappa shape index (κ1) is 11.7. The van der Waals surface area contributed by atoms with E-state index in [0.29, 0.717) is 0 Å². The summed E-state index contributed by atoms with van der Waals surface area (Å²) in [5.74, 6) is 2.86. The van der Waals surface area contributed by atoms with E-state index in [4.69, 9.17) is 14.0 Å². The van der Waals surface area contributed by atoms with Gasteiger partial charge in [-0.05, 0) is 25.0 Å². The maximum atomic E-state index is 5.59. The summed E-state index contributed by atoms with van der Waals surface area (Å²) in [6.45, 7) is 6.57. The van der Waals surface area contributed by atoms with Crippen LogP contribution in [0.3, 0.4) is 0 Å². The third kappa shape index (κ3) is 3.39. The molecule has 0 saturated carbocycles. The van der Waals surface area contributed by atoms with Crippen molar-refractivity contribution in [2.24, 2.45) is 5.41 Å². The molecule has 0 unspecified atom stereocenters. The molecular weight excluding hydrogens is 203 g/mol. The zero-order chi connectivity index (χ0) is 11.4. The Morgan fingerprint density at radius 2 is 2.06 bits per heavy atom. The quantitative estimate of drug-likeness (QED) is 0.671. The number of allylic oxidation sites excluding steroid dienone is 2. The van der Waals surface area contributed by atoms with Gasteiger partial charge in [-0.2, -0.15) is 0 Å². The first-order valence-electron chi connectivity index (χ1n) is 5.90. The summed E-state index contributed by atoms with van der Waals surface area (Å²) in [5.41, 5.74) is 0.130. The van der Waals surface area contributed by atoms with Crippen LogP contribution in [0.15, 0.2) is 23.9 Å². The van der Waals surface area contributed by atoms with Crippen molar-refractivity contribution in [2.45, 2.75) is 26.7 Å².